The molecule has 188 valence electrons. The molecule has 0 unspecified atom stereocenters. The van der Waals surface area contributed by atoms with E-state index < -0.39 is 0 Å². The van der Waals surface area contributed by atoms with Crippen molar-refractivity contribution in [2.45, 2.75) is 57.8 Å². The number of nitrogens with one attached hydrogen (secondary N) is 2. The van der Waals surface area contributed by atoms with Crippen LogP contribution in [-0.2, 0) is 16.1 Å². The average Bonchev–Trinajstić information content (AvgIpc) is 3.62. The third kappa shape index (κ3) is 5.29. The molecule has 0 saturated carbocycles. The molecule has 2 N–H and O–H groups in total. The highest BCUT2D eigenvalue weighted by molar-refractivity contribution is 7.80. The van der Waals surface area contributed by atoms with Crippen molar-refractivity contribution in [2.75, 3.05) is 18.5 Å². The minimum atomic E-state index is -0.112. The van der Waals surface area contributed by atoms with Gasteiger partial charge < -0.3 is 24.8 Å². The van der Waals surface area contributed by atoms with Crippen molar-refractivity contribution in [3.63, 3.8) is 0 Å². The standard InChI is InChI=1S/C28H33N5O2S/c1-19-10-11-20(2)23(17-19)30-25(34)12-15-33-27(26(31-28(33)36)22-8-3-4-13-29-22)24-9-5-14-32(24)18-21-7-6-16-35-21/h3-5,8-11,13-14,17,21,26-27H,6-7,12,15-16,18H2,1-2H3,(H,30,34)(H,31,36)/t21-,26-,27-/m1/s1. The van der Waals surface area contributed by atoms with E-state index in [0.29, 0.717) is 18.1 Å². The summed E-state index contributed by atoms with van der Waals surface area (Å²) in [7, 11) is 0. The molecule has 3 aromatic rings. The van der Waals surface area contributed by atoms with E-state index >= 15 is 0 Å². The van der Waals surface area contributed by atoms with Crippen molar-refractivity contribution >= 4 is 28.9 Å². The van der Waals surface area contributed by atoms with Gasteiger partial charge in [0.15, 0.2) is 5.11 Å². The predicted molar refractivity (Wildman–Crippen MR) is 145 cm³/mol. The summed E-state index contributed by atoms with van der Waals surface area (Å²) in [5, 5.41) is 7.21. The van der Waals surface area contributed by atoms with Gasteiger partial charge in [-0.15, -0.1) is 0 Å². The Morgan fingerprint density at radius 2 is 2.11 bits per heavy atom. The second kappa shape index (κ2) is 10.8. The number of thiocarbonyl (C=S) groups is 1. The van der Waals surface area contributed by atoms with Gasteiger partial charge >= 0.3 is 0 Å². The first-order valence-corrected chi connectivity index (χ1v) is 13.0. The lowest BCUT2D eigenvalue weighted by atomic mass is 10.0. The molecule has 0 aliphatic carbocycles. The smallest absolute Gasteiger partial charge is 0.226 e. The molecule has 1 aromatic carbocycles. The maximum absolute atomic E-state index is 12.9. The second-order valence-corrected chi connectivity index (χ2v) is 10.0. The van der Waals surface area contributed by atoms with E-state index in [9.17, 15) is 4.79 Å². The van der Waals surface area contributed by atoms with Crippen LogP contribution in [0.25, 0.3) is 0 Å². The van der Waals surface area contributed by atoms with Crippen molar-refractivity contribution < 1.29 is 9.53 Å². The largest absolute Gasteiger partial charge is 0.376 e. The van der Waals surface area contributed by atoms with E-state index in [0.717, 1.165) is 54.2 Å². The van der Waals surface area contributed by atoms with Gasteiger partial charge in [0.25, 0.3) is 0 Å². The van der Waals surface area contributed by atoms with Gasteiger partial charge in [-0.05, 0) is 80.4 Å². The van der Waals surface area contributed by atoms with Gasteiger partial charge in [0, 0.05) is 49.9 Å². The number of carbonyl (C=O) groups is 1. The number of benzene rings is 1. The Morgan fingerprint density at radius 1 is 1.22 bits per heavy atom. The summed E-state index contributed by atoms with van der Waals surface area (Å²) in [6.07, 6.45) is 6.65. The van der Waals surface area contributed by atoms with Crippen LogP contribution in [0.4, 0.5) is 5.69 Å². The fourth-order valence-corrected chi connectivity index (χ4v) is 5.47. The Labute approximate surface area is 217 Å². The van der Waals surface area contributed by atoms with Crippen LogP contribution in [0.2, 0.25) is 0 Å². The van der Waals surface area contributed by atoms with E-state index in [1.165, 1.54) is 0 Å². The molecule has 4 heterocycles. The first-order chi connectivity index (χ1) is 17.5. The molecule has 36 heavy (non-hydrogen) atoms. The zero-order valence-corrected chi connectivity index (χ0v) is 21.6. The summed E-state index contributed by atoms with van der Waals surface area (Å²) in [6.45, 7) is 6.17. The minimum Gasteiger partial charge on any atom is -0.376 e. The first-order valence-electron chi connectivity index (χ1n) is 12.6. The molecule has 2 aliphatic rings. The van der Waals surface area contributed by atoms with Gasteiger partial charge in [0.2, 0.25) is 5.91 Å². The summed E-state index contributed by atoms with van der Waals surface area (Å²) >= 11 is 5.80. The van der Waals surface area contributed by atoms with Crippen molar-refractivity contribution in [2.24, 2.45) is 0 Å². The molecule has 7 nitrogen and oxygen atoms in total. The molecule has 1 amide bonds. The number of nitrogens with zero attached hydrogens (tertiary/aromatic N) is 3. The average molecular weight is 504 g/mol. The highest BCUT2D eigenvalue weighted by Crippen LogP contribution is 2.39. The maximum Gasteiger partial charge on any atom is 0.226 e. The molecule has 0 radical (unpaired) electrons. The normalized spacial score (nSPS) is 21.6. The number of ether oxygens (including phenoxy) is 1. The Hall–Kier alpha value is -3.23. The van der Waals surface area contributed by atoms with Crippen molar-refractivity contribution in [1.29, 1.82) is 0 Å². The summed E-state index contributed by atoms with van der Waals surface area (Å²) in [5.41, 5.74) is 5.09. The summed E-state index contributed by atoms with van der Waals surface area (Å²) in [6, 6.07) is 16.0. The van der Waals surface area contributed by atoms with Crippen LogP contribution in [0.15, 0.2) is 60.9 Å². The number of anilines is 1. The van der Waals surface area contributed by atoms with Crippen molar-refractivity contribution in [3.8, 4) is 0 Å². The van der Waals surface area contributed by atoms with Crippen LogP contribution < -0.4 is 10.6 Å². The number of hydrogen-bond donors (Lipinski definition) is 2. The fourth-order valence-electron chi connectivity index (χ4n) is 5.14. The monoisotopic (exact) mass is 503 g/mol. The van der Waals surface area contributed by atoms with E-state index in [-0.39, 0.29) is 24.1 Å². The molecule has 0 spiro atoms. The molecule has 2 aliphatic heterocycles. The number of amides is 1. The topological polar surface area (TPSA) is 71.4 Å². The Morgan fingerprint density at radius 3 is 2.89 bits per heavy atom. The van der Waals surface area contributed by atoms with Gasteiger partial charge in [-0.2, -0.15) is 0 Å². The van der Waals surface area contributed by atoms with Gasteiger partial charge in [-0.3, -0.25) is 9.78 Å². The second-order valence-electron chi connectivity index (χ2n) is 9.66. The molecule has 2 saturated heterocycles. The van der Waals surface area contributed by atoms with E-state index in [1.54, 1.807) is 0 Å². The molecule has 5 rings (SSSR count). The molecule has 2 aromatic heterocycles. The third-order valence-electron chi connectivity index (χ3n) is 7.04. The maximum atomic E-state index is 12.9. The van der Waals surface area contributed by atoms with Crippen LogP contribution in [0.3, 0.4) is 0 Å². The van der Waals surface area contributed by atoms with Crippen molar-refractivity contribution in [1.82, 2.24) is 19.8 Å². The van der Waals surface area contributed by atoms with Gasteiger partial charge in [0.1, 0.15) is 0 Å². The van der Waals surface area contributed by atoms with Crippen LogP contribution >= 0.6 is 12.2 Å². The highest BCUT2D eigenvalue weighted by atomic mass is 32.1. The third-order valence-corrected chi connectivity index (χ3v) is 7.39. The predicted octanol–water partition coefficient (Wildman–Crippen LogP) is 4.68. The summed E-state index contributed by atoms with van der Waals surface area (Å²) in [5.74, 6) is -0.0266. The molecular formula is C28H33N5O2S. The Bertz CT molecular complexity index is 1220. The van der Waals surface area contributed by atoms with E-state index in [1.807, 2.05) is 56.4 Å². The zero-order chi connectivity index (χ0) is 25.1. The van der Waals surface area contributed by atoms with Crippen LogP contribution in [0, 0.1) is 13.8 Å². The number of aryl methyl sites for hydroxylation is 2. The summed E-state index contributed by atoms with van der Waals surface area (Å²) in [4.78, 5) is 19.7. The number of pyridine rings is 1. The zero-order valence-electron chi connectivity index (χ0n) is 20.8. The van der Waals surface area contributed by atoms with Crippen molar-refractivity contribution in [3.05, 3.63) is 83.4 Å². The lowest BCUT2D eigenvalue weighted by Gasteiger charge is -2.29. The number of aromatic nitrogens is 2. The Kier molecular flexibility index (Phi) is 7.34. The molecule has 8 heteroatoms. The first kappa shape index (κ1) is 24.5. The number of carbonyl (C=O) groups excluding carboxylic acids is 1. The lowest BCUT2D eigenvalue weighted by molar-refractivity contribution is -0.116. The van der Waals surface area contributed by atoms with Gasteiger partial charge in [-0.1, -0.05) is 18.2 Å². The van der Waals surface area contributed by atoms with Crippen LogP contribution in [0.5, 0.6) is 0 Å². The van der Waals surface area contributed by atoms with E-state index in [2.05, 4.69) is 43.4 Å². The molecule has 3 atom stereocenters. The number of rotatable bonds is 8. The molecule has 2 fully saturated rings. The lowest BCUT2D eigenvalue weighted by Crippen LogP contribution is -2.33. The quantitative estimate of drug-likeness (QED) is 0.435. The van der Waals surface area contributed by atoms with Crippen LogP contribution in [0.1, 0.15) is 53.9 Å². The fraction of sp³-hybridized carbons (Fsp3) is 0.393. The van der Waals surface area contributed by atoms with Gasteiger partial charge in [0.05, 0.1) is 23.9 Å². The molecule has 0 bridgehead atoms. The van der Waals surface area contributed by atoms with Crippen LogP contribution in [-0.4, -0.2) is 44.7 Å². The number of hydrogen-bond acceptors (Lipinski definition) is 4. The Balaban J connectivity index is 1.37. The molecular weight excluding hydrogens is 470 g/mol. The van der Waals surface area contributed by atoms with Gasteiger partial charge in [-0.25, -0.2) is 0 Å². The van der Waals surface area contributed by atoms with E-state index in [4.69, 9.17) is 17.0 Å². The highest BCUT2D eigenvalue weighted by Gasteiger charge is 2.41. The SMILES string of the molecule is Cc1ccc(C)c(NC(=O)CCN2C(=S)N[C@H](c3ccccn3)[C@H]2c2cccn2C[C@H]2CCCO2)c1. The minimum absolute atomic E-state index is 0.0266. The summed E-state index contributed by atoms with van der Waals surface area (Å²) < 4.78 is 8.19.